The quantitative estimate of drug-likeness (QED) is 0.276. The molecule has 2 heterocycles. The average Bonchev–Trinajstić information content (AvgIpc) is 2.88. The maximum absolute atomic E-state index is 13.8. The summed E-state index contributed by atoms with van der Waals surface area (Å²) in [5, 5.41) is 23.6. The third-order valence-corrected chi connectivity index (χ3v) is 6.66. The van der Waals surface area contributed by atoms with Crippen molar-refractivity contribution in [2.24, 2.45) is 0 Å². The Morgan fingerprint density at radius 1 is 1.14 bits per heavy atom. The summed E-state index contributed by atoms with van der Waals surface area (Å²) in [5.41, 5.74) is 10.7. The van der Waals surface area contributed by atoms with Gasteiger partial charge in [-0.3, -0.25) is 14.8 Å². The van der Waals surface area contributed by atoms with Crippen LogP contribution in [-0.2, 0) is 6.54 Å². The lowest BCUT2D eigenvalue weighted by atomic mass is 9.95. The average molecular weight is 493 g/mol. The van der Waals surface area contributed by atoms with Crippen molar-refractivity contribution >= 4 is 28.1 Å². The summed E-state index contributed by atoms with van der Waals surface area (Å²) in [6.45, 7) is 4.18. The fourth-order valence-electron chi connectivity index (χ4n) is 4.79. The lowest BCUT2D eigenvalue weighted by Crippen LogP contribution is -2.25. The van der Waals surface area contributed by atoms with Crippen LogP contribution in [0, 0.1) is 19.3 Å². The van der Waals surface area contributed by atoms with Gasteiger partial charge in [0.2, 0.25) is 0 Å². The lowest BCUT2D eigenvalue weighted by Gasteiger charge is -2.20. The molecule has 0 unspecified atom stereocenters. The number of aryl methyl sites for hydroxylation is 2. The molecule has 2 aromatic heterocycles. The van der Waals surface area contributed by atoms with Crippen LogP contribution < -0.4 is 16.6 Å². The largest absolute Gasteiger partial charge is 0.508 e. The first kappa shape index (κ1) is 24.0. The van der Waals surface area contributed by atoms with Crippen molar-refractivity contribution in [3.8, 4) is 5.69 Å². The summed E-state index contributed by atoms with van der Waals surface area (Å²) in [6, 6.07) is 15.6. The molecule has 0 atom stereocenters. The van der Waals surface area contributed by atoms with Crippen molar-refractivity contribution in [3.63, 3.8) is 0 Å². The molecule has 0 bridgehead atoms. The van der Waals surface area contributed by atoms with Gasteiger partial charge < -0.3 is 16.2 Å². The Bertz CT molecular complexity index is 1670. The first-order valence-electron chi connectivity index (χ1n) is 12.1. The summed E-state index contributed by atoms with van der Waals surface area (Å²) in [6.07, 6.45) is 5.87. The van der Waals surface area contributed by atoms with E-state index in [9.17, 15) is 9.90 Å². The summed E-state index contributed by atoms with van der Waals surface area (Å²) in [5.74, 6) is 0.688. The van der Waals surface area contributed by atoms with Gasteiger partial charge in [-0.1, -0.05) is 36.4 Å². The van der Waals surface area contributed by atoms with Crippen molar-refractivity contribution in [2.45, 2.75) is 33.2 Å². The second-order valence-electron chi connectivity index (χ2n) is 9.15. The number of nitrogens with zero attached hydrogens (tertiary/aromatic N) is 3. The third-order valence-electron chi connectivity index (χ3n) is 6.66. The van der Waals surface area contributed by atoms with E-state index in [1.807, 2.05) is 62.4 Å². The molecule has 1 aliphatic carbocycles. The molecule has 37 heavy (non-hydrogen) atoms. The van der Waals surface area contributed by atoms with E-state index < -0.39 is 0 Å². The van der Waals surface area contributed by atoms with Crippen molar-refractivity contribution in [3.05, 3.63) is 111 Å². The highest BCUT2D eigenvalue weighted by Gasteiger charge is 2.20. The van der Waals surface area contributed by atoms with Gasteiger partial charge in [-0.15, -0.1) is 0 Å². The van der Waals surface area contributed by atoms with Crippen molar-refractivity contribution in [1.82, 2.24) is 14.5 Å². The van der Waals surface area contributed by atoms with Gasteiger partial charge >= 0.3 is 0 Å². The number of hydrogen-bond acceptors (Lipinski definition) is 7. The molecule has 0 radical (unpaired) electrons. The zero-order valence-electron chi connectivity index (χ0n) is 20.7. The van der Waals surface area contributed by atoms with Gasteiger partial charge in [-0.05, 0) is 73.1 Å². The number of nitrogen functional groups attached to an aromatic ring is 1. The zero-order chi connectivity index (χ0) is 26.1. The number of rotatable bonds is 6. The van der Waals surface area contributed by atoms with Crippen LogP contribution in [-0.4, -0.2) is 25.4 Å². The van der Waals surface area contributed by atoms with E-state index in [2.05, 4.69) is 15.3 Å². The Balaban J connectivity index is 1.60. The maximum atomic E-state index is 13.8. The Morgan fingerprint density at radius 3 is 2.70 bits per heavy atom. The van der Waals surface area contributed by atoms with Crippen LogP contribution in [0.4, 0.5) is 11.6 Å². The molecule has 5 N–H and O–H groups in total. The number of pyridine rings is 1. The Kier molecular flexibility index (Phi) is 6.31. The maximum Gasteiger partial charge on any atom is 0.263 e. The summed E-state index contributed by atoms with van der Waals surface area (Å²) < 4.78 is 1.74. The monoisotopic (exact) mass is 492 g/mol. The fraction of sp³-hybridized carbons (Fsp3) is 0.172. The Labute approximate surface area is 214 Å². The van der Waals surface area contributed by atoms with E-state index in [0.29, 0.717) is 35.2 Å². The smallest absolute Gasteiger partial charge is 0.263 e. The van der Waals surface area contributed by atoms with E-state index in [-0.39, 0.29) is 29.4 Å². The fourth-order valence-corrected chi connectivity index (χ4v) is 4.79. The predicted molar refractivity (Wildman–Crippen MR) is 148 cm³/mol. The van der Waals surface area contributed by atoms with Gasteiger partial charge in [0.25, 0.3) is 5.56 Å². The number of aliphatic hydroxyl groups is 1. The van der Waals surface area contributed by atoms with Gasteiger partial charge in [0, 0.05) is 5.69 Å². The van der Waals surface area contributed by atoms with Crippen LogP contribution in [0.2, 0.25) is 0 Å². The molecule has 8 nitrogen and oxygen atoms in total. The molecule has 2 aromatic carbocycles. The highest BCUT2D eigenvalue weighted by molar-refractivity contribution is 6.16. The summed E-state index contributed by atoms with van der Waals surface area (Å²) in [4.78, 5) is 22.3. The van der Waals surface area contributed by atoms with Gasteiger partial charge in [0.15, 0.2) is 0 Å². The minimum atomic E-state index is -0.0912. The number of para-hydroxylation sites is 1. The first-order valence-corrected chi connectivity index (χ1v) is 12.1. The second-order valence-corrected chi connectivity index (χ2v) is 9.15. The van der Waals surface area contributed by atoms with Crippen molar-refractivity contribution in [1.29, 1.82) is 5.41 Å². The standard InChI is InChI=1S/C29H28N6O2/c1-17-7-3-4-12-23(17)35-21(13-19-9-5-8-18(2)24(19)29(35)37)15-32-28-25(27(31)33-16-34-28)26(30)20-10-6-11-22(36)14-20/h3-5,7-9,11-14,16,30,36H,6,10,15H2,1-2H3,(H3,31,32,33,34). The molecule has 8 heteroatoms. The van der Waals surface area contributed by atoms with Gasteiger partial charge in [0.05, 0.1) is 28.9 Å². The molecular weight excluding hydrogens is 464 g/mol. The van der Waals surface area contributed by atoms with Crippen LogP contribution in [0.25, 0.3) is 16.5 Å². The molecule has 0 spiro atoms. The second kappa shape index (κ2) is 9.73. The Hall–Kier alpha value is -4.72. The summed E-state index contributed by atoms with van der Waals surface area (Å²) in [7, 11) is 0. The minimum absolute atomic E-state index is 0.0912. The van der Waals surface area contributed by atoms with Crippen LogP contribution in [0.15, 0.2) is 83.1 Å². The minimum Gasteiger partial charge on any atom is -0.508 e. The van der Waals surface area contributed by atoms with E-state index in [0.717, 1.165) is 27.9 Å². The molecule has 0 saturated heterocycles. The van der Waals surface area contributed by atoms with Crippen molar-refractivity contribution in [2.75, 3.05) is 11.1 Å². The highest BCUT2D eigenvalue weighted by Crippen LogP contribution is 2.27. The SMILES string of the molecule is Cc1ccccc1-n1c(CNc2ncnc(N)c2C(=N)C2=CC(O)=CCC2)cc2cccc(C)c2c1=O. The first-order chi connectivity index (χ1) is 17.8. The molecule has 0 aliphatic heterocycles. The molecule has 0 amide bonds. The van der Waals surface area contributed by atoms with Crippen molar-refractivity contribution < 1.29 is 5.11 Å². The third kappa shape index (κ3) is 4.49. The number of nitrogens with two attached hydrogens (primary N) is 1. The van der Waals surface area contributed by atoms with Gasteiger partial charge in [-0.25, -0.2) is 9.97 Å². The zero-order valence-corrected chi connectivity index (χ0v) is 20.7. The molecule has 1 aliphatic rings. The number of aliphatic hydroxyl groups excluding tert-OH is 1. The van der Waals surface area contributed by atoms with E-state index >= 15 is 0 Å². The number of aromatic nitrogens is 3. The molecule has 0 saturated carbocycles. The van der Waals surface area contributed by atoms with Crippen LogP contribution >= 0.6 is 0 Å². The highest BCUT2D eigenvalue weighted by atomic mass is 16.3. The number of anilines is 2. The number of allylic oxidation sites excluding steroid dienone is 3. The van der Waals surface area contributed by atoms with Gasteiger partial charge in [0.1, 0.15) is 23.7 Å². The van der Waals surface area contributed by atoms with Crippen LogP contribution in [0.5, 0.6) is 0 Å². The van der Waals surface area contributed by atoms with Crippen LogP contribution in [0.3, 0.4) is 0 Å². The van der Waals surface area contributed by atoms with E-state index in [1.165, 1.54) is 6.33 Å². The predicted octanol–water partition coefficient (Wildman–Crippen LogP) is 5.12. The number of fused-ring (bicyclic) bond motifs is 1. The van der Waals surface area contributed by atoms with E-state index in [4.69, 9.17) is 11.1 Å². The topological polar surface area (TPSA) is 130 Å². The number of nitrogens with one attached hydrogen (secondary N) is 2. The molecule has 186 valence electrons. The normalized spacial score (nSPS) is 13.2. The van der Waals surface area contributed by atoms with E-state index in [1.54, 1.807) is 16.7 Å². The van der Waals surface area contributed by atoms with Gasteiger partial charge in [-0.2, -0.15) is 0 Å². The molecule has 4 aromatic rings. The lowest BCUT2D eigenvalue weighted by molar-refractivity contribution is 0.426. The number of hydrogen-bond donors (Lipinski definition) is 4. The number of benzene rings is 2. The molecule has 5 rings (SSSR count). The molecular formula is C29H28N6O2. The Morgan fingerprint density at radius 2 is 1.92 bits per heavy atom. The molecule has 0 fully saturated rings. The van der Waals surface area contributed by atoms with Crippen LogP contribution in [0.1, 0.15) is 35.2 Å². The summed E-state index contributed by atoms with van der Waals surface area (Å²) >= 11 is 0.